The summed E-state index contributed by atoms with van der Waals surface area (Å²) in [7, 11) is 1.49. The number of urea groups is 1. The van der Waals surface area contributed by atoms with E-state index in [1.165, 1.54) is 36.2 Å². The maximum Gasteiger partial charge on any atom is 0.318 e. The lowest BCUT2D eigenvalue weighted by Gasteiger charge is -2.52. The van der Waals surface area contributed by atoms with Gasteiger partial charge in [-0.15, -0.1) is 0 Å². The Morgan fingerprint density at radius 3 is 2.54 bits per heavy atom. The van der Waals surface area contributed by atoms with Gasteiger partial charge in [-0.1, -0.05) is 36.4 Å². The van der Waals surface area contributed by atoms with E-state index in [-0.39, 0.29) is 6.54 Å². The summed E-state index contributed by atoms with van der Waals surface area (Å²) in [6, 6.07) is 12.5. The third-order valence-electron chi connectivity index (χ3n) is 5.93. The van der Waals surface area contributed by atoms with E-state index >= 15 is 8.78 Å². The molecular weight excluding hydrogens is 367 g/mol. The SMILES string of the molecule is CNC(=O)N1CCc2ccccc2C1(c1ccc(F)cc1)[C@@H]1CNCC1(F)F. The predicted octanol–water partition coefficient (Wildman–Crippen LogP) is 3.12. The van der Waals surface area contributed by atoms with E-state index < -0.39 is 35.8 Å². The molecular formula is C21H22F3N3O. The molecule has 2 N–H and O–H groups in total. The highest BCUT2D eigenvalue weighted by Gasteiger charge is 2.61. The number of amides is 2. The summed E-state index contributed by atoms with van der Waals surface area (Å²) in [5.74, 6) is -4.68. The lowest BCUT2D eigenvalue weighted by Crippen LogP contribution is -2.63. The van der Waals surface area contributed by atoms with Crippen molar-refractivity contribution in [1.29, 1.82) is 0 Å². The molecule has 2 amide bonds. The number of alkyl halides is 2. The minimum Gasteiger partial charge on any atom is -0.341 e. The molecule has 0 bridgehead atoms. The fraction of sp³-hybridized carbons (Fsp3) is 0.381. The largest absolute Gasteiger partial charge is 0.341 e. The summed E-state index contributed by atoms with van der Waals surface area (Å²) in [4.78, 5) is 14.4. The number of fused-ring (bicyclic) bond motifs is 1. The highest BCUT2D eigenvalue weighted by atomic mass is 19.3. The van der Waals surface area contributed by atoms with Gasteiger partial charge in [-0.25, -0.2) is 18.0 Å². The van der Waals surface area contributed by atoms with Gasteiger partial charge in [0.2, 0.25) is 0 Å². The number of carbonyl (C=O) groups excluding carboxylic acids is 1. The third kappa shape index (κ3) is 2.68. The Hall–Kier alpha value is -2.54. The molecule has 2 aliphatic rings. The molecule has 2 heterocycles. The van der Waals surface area contributed by atoms with E-state index in [1.54, 1.807) is 6.07 Å². The molecule has 0 radical (unpaired) electrons. The second-order valence-corrected chi connectivity index (χ2v) is 7.33. The van der Waals surface area contributed by atoms with Gasteiger partial charge in [0.25, 0.3) is 5.92 Å². The van der Waals surface area contributed by atoms with Gasteiger partial charge in [0.1, 0.15) is 11.4 Å². The van der Waals surface area contributed by atoms with Gasteiger partial charge < -0.3 is 15.5 Å². The van der Waals surface area contributed by atoms with Crippen LogP contribution in [0.1, 0.15) is 16.7 Å². The zero-order chi connectivity index (χ0) is 19.9. The lowest BCUT2D eigenvalue weighted by molar-refractivity contribution is -0.0766. The van der Waals surface area contributed by atoms with Crippen molar-refractivity contribution in [2.24, 2.45) is 5.92 Å². The van der Waals surface area contributed by atoms with Crippen molar-refractivity contribution in [2.45, 2.75) is 17.9 Å². The normalized spacial score (nSPS) is 26.0. The van der Waals surface area contributed by atoms with Crippen molar-refractivity contribution < 1.29 is 18.0 Å². The summed E-state index contributed by atoms with van der Waals surface area (Å²) >= 11 is 0. The number of carbonyl (C=O) groups is 1. The minimum atomic E-state index is -3.04. The van der Waals surface area contributed by atoms with Crippen LogP contribution in [0.5, 0.6) is 0 Å². The Morgan fingerprint density at radius 1 is 1.18 bits per heavy atom. The fourth-order valence-corrected chi connectivity index (χ4v) is 4.76. The van der Waals surface area contributed by atoms with Crippen LogP contribution in [0.4, 0.5) is 18.0 Å². The molecule has 148 valence electrons. The van der Waals surface area contributed by atoms with E-state index in [1.807, 2.05) is 18.2 Å². The van der Waals surface area contributed by atoms with Gasteiger partial charge in [-0.05, 0) is 35.2 Å². The molecule has 4 rings (SSSR count). The first kappa shape index (κ1) is 18.8. The van der Waals surface area contributed by atoms with E-state index in [2.05, 4.69) is 10.6 Å². The van der Waals surface area contributed by atoms with Gasteiger partial charge in [0.15, 0.2) is 0 Å². The van der Waals surface area contributed by atoms with Crippen molar-refractivity contribution in [3.05, 3.63) is 71.0 Å². The number of hydrogen-bond donors (Lipinski definition) is 2. The predicted molar refractivity (Wildman–Crippen MR) is 99.8 cm³/mol. The Labute approximate surface area is 161 Å². The standard InChI is InChI=1S/C21H22F3N3O/c1-25-19(28)27-11-10-14-4-2-3-5-17(14)21(27,15-6-8-16(22)9-7-15)18-12-26-13-20(18,23)24/h2-9,18,26H,10-13H2,1H3,(H,25,28)/t18-,21?/m1/s1. The Kier molecular flexibility index (Phi) is 4.57. The van der Waals surface area contributed by atoms with Crippen LogP contribution in [0.25, 0.3) is 0 Å². The summed E-state index contributed by atoms with van der Waals surface area (Å²) in [6.45, 7) is -0.114. The second kappa shape index (κ2) is 6.81. The minimum absolute atomic E-state index is 0.0478. The zero-order valence-electron chi connectivity index (χ0n) is 15.5. The van der Waals surface area contributed by atoms with Crippen LogP contribution in [-0.4, -0.2) is 43.5 Å². The Morgan fingerprint density at radius 2 is 1.89 bits per heavy atom. The Balaban J connectivity index is 2.06. The highest BCUT2D eigenvalue weighted by Crippen LogP contribution is 2.52. The molecule has 0 saturated carbocycles. The van der Waals surface area contributed by atoms with Crippen LogP contribution in [0.15, 0.2) is 48.5 Å². The van der Waals surface area contributed by atoms with Crippen LogP contribution >= 0.6 is 0 Å². The first-order valence-corrected chi connectivity index (χ1v) is 9.33. The first-order valence-electron chi connectivity index (χ1n) is 9.33. The molecule has 1 unspecified atom stereocenters. The third-order valence-corrected chi connectivity index (χ3v) is 5.93. The number of rotatable bonds is 2. The fourth-order valence-electron chi connectivity index (χ4n) is 4.76. The molecule has 0 aromatic heterocycles. The number of hydrogen-bond acceptors (Lipinski definition) is 2. The summed E-state index contributed by atoms with van der Waals surface area (Å²) in [5.41, 5.74) is 0.674. The van der Waals surface area contributed by atoms with E-state index in [0.29, 0.717) is 24.1 Å². The topological polar surface area (TPSA) is 44.4 Å². The maximum atomic E-state index is 15.1. The zero-order valence-corrected chi connectivity index (χ0v) is 15.5. The molecule has 1 saturated heterocycles. The van der Waals surface area contributed by atoms with Crippen molar-refractivity contribution >= 4 is 6.03 Å². The van der Waals surface area contributed by atoms with Crippen LogP contribution in [-0.2, 0) is 12.0 Å². The average molecular weight is 389 g/mol. The molecule has 4 nitrogen and oxygen atoms in total. The number of nitrogens with zero attached hydrogens (tertiary/aromatic N) is 1. The molecule has 2 aliphatic heterocycles. The van der Waals surface area contributed by atoms with E-state index in [4.69, 9.17) is 0 Å². The number of benzene rings is 2. The van der Waals surface area contributed by atoms with Crippen molar-refractivity contribution in [2.75, 3.05) is 26.7 Å². The van der Waals surface area contributed by atoms with Gasteiger partial charge in [-0.3, -0.25) is 0 Å². The van der Waals surface area contributed by atoms with Crippen molar-refractivity contribution in [3.63, 3.8) is 0 Å². The molecule has 7 heteroatoms. The van der Waals surface area contributed by atoms with Crippen molar-refractivity contribution in [3.8, 4) is 0 Å². The molecule has 28 heavy (non-hydrogen) atoms. The average Bonchev–Trinajstić information content (AvgIpc) is 3.06. The molecule has 2 aromatic rings. The lowest BCUT2D eigenvalue weighted by atomic mass is 9.66. The van der Waals surface area contributed by atoms with Crippen molar-refractivity contribution in [1.82, 2.24) is 15.5 Å². The maximum absolute atomic E-state index is 15.1. The molecule has 0 spiro atoms. The van der Waals surface area contributed by atoms with Gasteiger partial charge in [-0.2, -0.15) is 0 Å². The van der Waals surface area contributed by atoms with E-state index in [0.717, 1.165) is 5.56 Å². The van der Waals surface area contributed by atoms with Gasteiger partial charge in [0.05, 0.1) is 12.5 Å². The quantitative estimate of drug-likeness (QED) is 0.829. The smallest absolute Gasteiger partial charge is 0.318 e. The van der Waals surface area contributed by atoms with Gasteiger partial charge >= 0.3 is 6.03 Å². The number of halogens is 3. The molecule has 0 aliphatic carbocycles. The monoisotopic (exact) mass is 389 g/mol. The Bertz CT molecular complexity index is 887. The summed E-state index contributed by atoms with van der Waals surface area (Å²) in [5, 5.41) is 5.39. The highest BCUT2D eigenvalue weighted by molar-refractivity contribution is 5.77. The van der Waals surface area contributed by atoms with E-state index in [9.17, 15) is 9.18 Å². The summed E-state index contributed by atoms with van der Waals surface area (Å²) in [6.07, 6.45) is 0.568. The first-order chi connectivity index (χ1) is 13.4. The molecule has 2 aromatic carbocycles. The van der Waals surface area contributed by atoms with Crippen LogP contribution in [0.3, 0.4) is 0 Å². The van der Waals surface area contributed by atoms with Crippen LogP contribution in [0.2, 0.25) is 0 Å². The molecule has 2 atom stereocenters. The second-order valence-electron chi connectivity index (χ2n) is 7.33. The number of nitrogens with one attached hydrogen (secondary N) is 2. The van der Waals surface area contributed by atoms with Crippen LogP contribution < -0.4 is 10.6 Å². The summed E-state index contributed by atoms with van der Waals surface area (Å²) < 4.78 is 44.0. The molecule has 1 fully saturated rings. The van der Waals surface area contributed by atoms with Crippen LogP contribution in [0, 0.1) is 11.7 Å². The van der Waals surface area contributed by atoms with Gasteiger partial charge in [0, 0.05) is 20.1 Å².